The fraction of sp³-hybridized carbons (Fsp3) is 0.250. The van der Waals surface area contributed by atoms with Crippen molar-refractivity contribution in [3.8, 4) is 6.01 Å². The molecule has 0 aliphatic carbocycles. The molecular formula is C16H15N5O2S. The molecule has 122 valence electrons. The Hall–Kier alpha value is -2.74. The zero-order valence-electron chi connectivity index (χ0n) is 12.8. The third-order valence-electron chi connectivity index (χ3n) is 3.93. The molecule has 8 heteroatoms. The summed E-state index contributed by atoms with van der Waals surface area (Å²) in [7, 11) is 0. The number of hydrogen-bond donors (Lipinski definition) is 0. The Balaban J connectivity index is 1.52. The van der Waals surface area contributed by atoms with Crippen LogP contribution in [-0.4, -0.2) is 43.5 Å². The predicted octanol–water partition coefficient (Wildman–Crippen LogP) is 2.01. The Morgan fingerprint density at radius 2 is 2.25 bits per heavy atom. The minimum atomic E-state index is -0.0253. The average molecular weight is 341 g/mol. The van der Waals surface area contributed by atoms with Gasteiger partial charge in [0.15, 0.2) is 0 Å². The van der Waals surface area contributed by atoms with Crippen molar-refractivity contribution < 1.29 is 9.53 Å². The Bertz CT molecular complexity index is 818. The van der Waals surface area contributed by atoms with E-state index in [4.69, 9.17) is 4.74 Å². The van der Waals surface area contributed by atoms with Crippen LogP contribution in [0.2, 0.25) is 0 Å². The second kappa shape index (κ2) is 6.40. The molecule has 1 unspecified atom stereocenters. The van der Waals surface area contributed by atoms with Gasteiger partial charge >= 0.3 is 6.01 Å². The zero-order valence-corrected chi connectivity index (χ0v) is 13.6. The summed E-state index contributed by atoms with van der Waals surface area (Å²) < 4.78 is 7.74. The molecule has 0 radical (unpaired) electrons. The van der Waals surface area contributed by atoms with E-state index >= 15 is 0 Å². The molecule has 0 aromatic carbocycles. The van der Waals surface area contributed by atoms with Gasteiger partial charge < -0.3 is 14.2 Å². The van der Waals surface area contributed by atoms with Crippen molar-refractivity contribution in [2.45, 2.75) is 12.6 Å². The minimum absolute atomic E-state index is 0.0253. The van der Waals surface area contributed by atoms with Crippen molar-refractivity contribution in [1.82, 2.24) is 24.4 Å². The van der Waals surface area contributed by atoms with E-state index in [1.165, 1.54) is 11.3 Å². The summed E-state index contributed by atoms with van der Waals surface area (Å²) in [4.78, 5) is 26.8. The van der Waals surface area contributed by atoms with Crippen molar-refractivity contribution in [2.24, 2.45) is 0 Å². The second-order valence-corrected chi connectivity index (χ2v) is 6.27. The van der Waals surface area contributed by atoms with E-state index in [-0.39, 0.29) is 11.9 Å². The molecule has 0 fully saturated rings. The maximum absolute atomic E-state index is 12.6. The number of imidazole rings is 1. The van der Waals surface area contributed by atoms with Gasteiger partial charge in [-0.15, -0.1) is 0 Å². The molecule has 4 heterocycles. The van der Waals surface area contributed by atoms with Crippen LogP contribution in [0.4, 0.5) is 0 Å². The molecule has 0 saturated carbocycles. The van der Waals surface area contributed by atoms with E-state index in [9.17, 15) is 4.79 Å². The number of nitrogens with zero attached hydrogens (tertiary/aromatic N) is 5. The lowest BCUT2D eigenvalue weighted by molar-refractivity contribution is 0.0644. The van der Waals surface area contributed by atoms with Gasteiger partial charge in [0, 0.05) is 30.5 Å². The Labute approximate surface area is 142 Å². The number of carbonyl (C=O) groups excluding carboxylic acids is 1. The smallest absolute Gasteiger partial charge is 0.316 e. The van der Waals surface area contributed by atoms with Gasteiger partial charge in [-0.1, -0.05) is 0 Å². The van der Waals surface area contributed by atoms with Crippen molar-refractivity contribution >= 4 is 17.2 Å². The van der Waals surface area contributed by atoms with Crippen LogP contribution < -0.4 is 4.74 Å². The van der Waals surface area contributed by atoms with Crippen LogP contribution in [0.25, 0.3) is 0 Å². The molecule has 4 rings (SSSR count). The van der Waals surface area contributed by atoms with E-state index in [1.54, 1.807) is 31.0 Å². The quantitative estimate of drug-likeness (QED) is 0.726. The largest absolute Gasteiger partial charge is 0.461 e. The third-order valence-corrected chi connectivity index (χ3v) is 4.61. The van der Waals surface area contributed by atoms with E-state index in [0.29, 0.717) is 25.7 Å². The summed E-state index contributed by atoms with van der Waals surface area (Å²) in [6, 6.07) is 3.90. The Morgan fingerprint density at radius 1 is 1.38 bits per heavy atom. The number of amides is 1. The lowest BCUT2D eigenvalue weighted by Crippen LogP contribution is -2.42. The highest BCUT2D eigenvalue weighted by molar-refractivity contribution is 7.08. The van der Waals surface area contributed by atoms with Gasteiger partial charge in [0.1, 0.15) is 6.61 Å². The standard InChI is InChI=1S/C16H15N5O2S/c22-15(12-2-5-24-10-12)20-7-13-6-17-11-21(13)14(8-20)9-23-16-18-3-1-4-19-16/h1-6,10-11,14H,7-9H2. The van der Waals surface area contributed by atoms with Crippen LogP contribution in [0.5, 0.6) is 6.01 Å². The molecule has 0 spiro atoms. The minimum Gasteiger partial charge on any atom is -0.461 e. The average Bonchev–Trinajstić information content (AvgIpc) is 3.31. The maximum Gasteiger partial charge on any atom is 0.316 e. The molecule has 3 aromatic heterocycles. The highest BCUT2D eigenvalue weighted by Crippen LogP contribution is 2.23. The number of ether oxygens (including phenoxy) is 1. The van der Waals surface area contributed by atoms with Gasteiger partial charge in [-0.3, -0.25) is 4.79 Å². The highest BCUT2D eigenvalue weighted by atomic mass is 32.1. The molecule has 1 aliphatic rings. The molecule has 3 aromatic rings. The van der Waals surface area contributed by atoms with Crippen molar-refractivity contribution in [1.29, 1.82) is 0 Å². The fourth-order valence-corrected chi connectivity index (χ4v) is 3.40. The van der Waals surface area contributed by atoms with Crippen LogP contribution in [0.1, 0.15) is 22.1 Å². The van der Waals surface area contributed by atoms with E-state index in [1.807, 2.05) is 21.7 Å². The number of rotatable bonds is 4. The van der Waals surface area contributed by atoms with Crippen LogP contribution in [-0.2, 0) is 6.54 Å². The molecule has 0 bridgehead atoms. The van der Waals surface area contributed by atoms with Crippen LogP contribution in [0, 0.1) is 0 Å². The number of aromatic nitrogens is 4. The number of thiophene rings is 1. The first-order valence-corrected chi connectivity index (χ1v) is 8.47. The summed E-state index contributed by atoms with van der Waals surface area (Å²) in [5.41, 5.74) is 1.71. The molecule has 0 saturated heterocycles. The SMILES string of the molecule is O=C(c1ccsc1)N1Cc2cncn2C(COc2ncccn2)C1. The normalized spacial score (nSPS) is 16.7. The van der Waals surface area contributed by atoms with Gasteiger partial charge in [0.2, 0.25) is 0 Å². The Morgan fingerprint density at radius 3 is 3.04 bits per heavy atom. The van der Waals surface area contributed by atoms with Gasteiger partial charge in [-0.25, -0.2) is 15.0 Å². The first-order valence-electron chi connectivity index (χ1n) is 7.53. The summed E-state index contributed by atoms with van der Waals surface area (Å²) in [6.07, 6.45) is 6.84. The van der Waals surface area contributed by atoms with Crippen molar-refractivity contribution in [2.75, 3.05) is 13.2 Å². The second-order valence-electron chi connectivity index (χ2n) is 5.49. The summed E-state index contributed by atoms with van der Waals surface area (Å²) >= 11 is 1.52. The molecule has 7 nitrogen and oxygen atoms in total. The van der Waals surface area contributed by atoms with Gasteiger partial charge in [0.25, 0.3) is 5.91 Å². The molecule has 0 N–H and O–H groups in total. The van der Waals surface area contributed by atoms with Crippen LogP contribution >= 0.6 is 11.3 Å². The summed E-state index contributed by atoms with van der Waals surface area (Å²) in [6.45, 7) is 1.48. The number of carbonyl (C=O) groups is 1. The lowest BCUT2D eigenvalue weighted by atomic mass is 10.1. The monoisotopic (exact) mass is 341 g/mol. The summed E-state index contributed by atoms with van der Waals surface area (Å²) in [5, 5.41) is 3.78. The molecular weight excluding hydrogens is 326 g/mol. The lowest BCUT2D eigenvalue weighted by Gasteiger charge is -2.34. The number of fused-ring (bicyclic) bond motifs is 1. The molecule has 24 heavy (non-hydrogen) atoms. The third kappa shape index (κ3) is 2.88. The zero-order chi connectivity index (χ0) is 16.4. The van der Waals surface area contributed by atoms with Gasteiger partial charge in [-0.2, -0.15) is 11.3 Å². The first-order chi connectivity index (χ1) is 11.8. The summed E-state index contributed by atoms with van der Waals surface area (Å²) in [5.74, 6) is 0.0321. The molecule has 1 aliphatic heterocycles. The van der Waals surface area contributed by atoms with Crippen molar-refractivity contribution in [3.05, 3.63) is 59.1 Å². The van der Waals surface area contributed by atoms with E-state index in [0.717, 1.165) is 11.3 Å². The van der Waals surface area contributed by atoms with Gasteiger partial charge in [0.05, 0.1) is 30.2 Å². The predicted molar refractivity (Wildman–Crippen MR) is 87.9 cm³/mol. The van der Waals surface area contributed by atoms with E-state index in [2.05, 4.69) is 19.5 Å². The van der Waals surface area contributed by atoms with Crippen LogP contribution in [0.15, 0.2) is 47.8 Å². The molecule has 1 atom stereocenters. The Kier molecular flexibility index (Phi) is 3.96. The number of hydrogen-bond acceptors (Lipinski definition) is 6. The van der Waals surface area contributed by atoms with Crippen molar-refractivity contribution in [3.63, 3.8) is 0 Å². The van der Waals surface area contributed by atoms with E-state index < -0.39 is 0 Å². The topological polar surface area (TPSA) is 73.1 Å². The first kappa shape index (κ1) is 14.8. The molecule has 1 amide bonds. The maximum atomic E-state index is 12.6. The highest BCUT2D eigenvalue weighted by Gasteiger charge is 2.29. The van der Waals surface area contributed by atoms with Crippen LogP contribution in [0.3, 0.4) is 0 Å². The fourth-order valence-electron chi connectivity index (χ4n) is 2.77. The van der Waals surface area contributed by atoms with Gasteiger partial charge in [-0.05, 0) is 17.5 Å².